The van der Waals surface area contributed by atoms with Gasteiger partial charge in [0.2, 0.25) is 0 Å². The first kappa shape index (κ1) is 10.3. The molecule has 1 atom stereocenters. The molecule has 0 heterocycles. The Morgan fingerprint density at radius 2 is 1.77 bits per heavy atom. The Kier molecular flexibility index (Phi) is 3.97. The maximum atomic E-state index is 5.72. The molecule has 0 amide bonds. The van der Waals surface area contributed by atoms with Gasteiger partial charge in [-0.2, -0.15) is 0 Å². The maximum Gasteiger partial charge on any atom is -0.00432 e. The monoisotopic (exact) mass is 177 g/mol. The fourth-order valence-corrected chi connectivity index (χ4v) is 1.51. The van der Waals surface area contributed by atoms with Gasteiger partial charge in [0.25, 0.3) is 0 Å². The topological polar surface area (TPSA) is 26.0 Å². The lowest BCUT2D eigenvalue weighted by atomic mass is 9.89. The van der Waals surface area contributed by atoms with Crippen LogP contribution in [0.5, 0.6) is 0 Å². The lowest BCUT2D eigenvalue weighted by Crippen LogP contribution is -2.22. The van der Waals surface area contributed by atoms with Crippen molar-refractivity contribution in [1.29, 1.82) is 0 Å². The summed E-state index contributed by atoms with van der Waals surface area (Å²) in [4.78, 5) is 0. The van der Waals surface area contributed by atoms with Crippen LogP contribution < -0.4 is 5.73 Å². The van der Waals surface area contributed by atoms with Crippen LogP contribution in [-0.2, 0) is 6.42 Å². The molecule has 1 aromatic carbocycles. The van der Waals surface area contributed by atoms with E-state index in [4.69, 9.17) is 5.73 Å². The molecular weight excluding hydrogens is 158 g/mol. The van der Waals surface area contributed by atoms with Crippen LogP contribution in [0.4, 0.5) is 0 Å². The molecule has 72 valence electrons. The minimum absolute atomic E-state index is 0.613. The SMILES string of the molecule is CC(C)C(CN)Cc1ccccc1. The zero-order chi connectivity index (χ0) is 9.68. The van der Waals surface area contributed by atoms with Gasteiger partial charge in [-0.3, -0.25) is 0 Å². The molecule has 0 spiro atoms. The maximum absolute atomic E-state index is 5.72. The summed E-state index contributed by atoms with van der Waals surface area (Å²) in [7, 11) is 0. The number of nitrogens with two attached hydrogens (primary N) is 1. The molecule has 1 aromatic rings. The molecule has 0 saturated carbocycles. The van der Waals surface area contributed by atoms with E-state index < -0.39 is 0 Å². The third kappa shape index (κ3) is 3.19. The highest BCUT2D eigenvalue weighted by Gasteiger charge is 2.11. The predicted molar refractivity (Wildman–Crippen MR) is 57.5 cm³/mol. The van der Waals surface area contributed by atoms with Gasteiger partial charge in [-0.15, -0.1) is 0 Å². The molecule has 2 N–H and O–H groups in total. The second-order valence-corrected chi connectivity index (χ2v) is 3.93. The molecule has 13 heavy (non-hydrogen) atoms. The van der Waals surface area contributed by atoms with E-state index in [1.165, 1.54) is 5.56 Å². The Hall–Kier alpha value is -0.820. The van der Waals surface area contributed by atoms with Crippen LogP contribution in [0.25, 0.3) is 0 Å². The quantitative estimate of drug-likeness (QED) is 0.751. The van der Waals surface area contributed by atoms with E-state index in [1.54, 1.807) is 0 Å². The van der Waals surface area contributed by atoms with Crippen LogP contribution >= 0.6 is 0 Å². The number of hydrogen-bond acceptors (Lipinski definition) is 1. The van der Waals surface area contributed by atoms with E-state index in [0.29, 0.717) is 11.8 Å². The molecule has 0 aliphatic heterocycles. The summed E-state index contributed by atoms with van der Waals surface area (Å²) in [6, 6.07) is 10.6. The van der Waals surface area contributed by atoms with Crippen LogP contribution in [0.1, 0.15) is 19.4 Å². The van der Waals surface area contributed by atoms with E-state index in [1.807, 2.05) is 0 Å². The normalized spacial score (nSPS) is 13.2. The van der Waals surface area contributed by atoms with Gasteiger partial charge in [0.15, 0.2) is 0 Å². The fraction of sp³-hybridized carbons (Fsp3) is 0.500. The molecule has 1 rings (SSSR count). The van der Waals surface area contributed by atoms with Gasteiger partial charge in [0, 0.05) is 0 Å². The van der Waals surface area contributed by atoms with E-state index in [-0.39, 0.29) is 0 Å². The van der Waals surface area contributed by atoms with E-state index in [0.717, 1.165) is 13.0 Å². The Labute approximate surface area is 81.0 Å². The molecule has 0 fully saturated rings. The lowest BCUT2D eigenvalue weighted by Gasteiger charge is -2.18. The lowest BCUT2D eigenvalue weighted by molar-refractivity contribution is 0.392. The second-order valence-electron chi connectivity index (χ2n) is 3.93. The van der Waals surface area contributed by atoms with Gasteiger partial charge in [-0.25, -0.2) is 0 Å². The zero-order valence-corrected chi connectivity index (χ0v) is 8.53. The van der Waals surface area contributed by atoms with Gasteiger partial charge in [-0.1, -0.05) is 44.2 Å². The van der Waals surface area contributed by atoms with Crippen molar-refractivity contribution in [1.82, 2.24) is 0 Å². The smallest absolute Gasteiger partial charge is 0.00432 e. The van der Waals surface area contributed by atoms with Crippen molar-refractivity contribution < 1.29 is 0 Å². The molecule has 1 unspecified atom stereocenters. The van der Waals surface area contributed by atoms with Crippen LogP contribution in [0.2, 0.25) is 0 Å². The highest BCUT2D eigenvalue weighted by Crippen LogP contribution is 2.15. The summed E-state index contributed by atoms with van der Waals surface area (Å²) in [5, 5.41) is 0. The summed E-state index contributed by atoms with van der Waals surface area (Å²) in [5.74, 6) is 1.28. The Balaban J connectivity index is 2.57. The first-order valence-electron chi connectivity index (χ1n) is 4.98. The summed E-state index contributed by atoms with van der Waals surface area (Å²) in [6.45, 7) is 5.26. The molecule has 0 aromatic heterocycles. The van der Waals surface area contributed by atoms with Crippen molar-refractivity contribution in [3.05, 3.63) is 35.9 Å². The summed E-state index contributed by atoms with van der Waals surface area (Å²) >= 11 is 0. The van der Waals surface area contributed by atoms with Crippen molar-refractivity contribution in [2.24, 2.45) is 17.6 Å². The van der Waals surface area contributed by atoms with Gasteiger partial charge in [-0.05, 0) is 30.4 Å². The third-order valence-electron chi connectivity index (χ3n) is 2.59. The molecule has 0 radical (unpaired) electrons. The van der Waals surface area contributed by atoms with Crippen LogP contribution in [0.3, 0.4) is 0 Å². The highest BCUT2D eigenvalue weighted by atomic mass is 14.5. The van der Waals surface area contributed by atoms with Gasteiger partial charge >= 0.3 is 0 Å². The zero-order valence-electron chi connectivity index (χ0n) is 8.53. The molecule has 0 bridgehead atoms. The standard InChI is InChI=1S/C12H19N/c1-10(2)12(9-13)8-11-6-4-3-5-7-11/h3-7,10,12H,8-9,13H2,1-2H3. The van der Waals surface area contributed by atoms with E-state index in [2.05, 4.69) is 44.2 Å². The third-order valence-corrected chi connectivity index (χ3v) is 2.59. The summed E-state index contributed by atoms with van der Waals surface area (Å²) in [5.41, 5.74) is 7.12. The number of hydrogen-bond donors (Lipinski definition) is 1. The molecule has 0 aliphatic rings. The minimum Gasteiger partial charge on any atom is -0.330 e. The Morgan fingerprint density at radius 3 is 2.23 bits per heavy atom. The van der Waals surface area contributed by atoms with Crippen molar-refractivity contribution in [2.75, 3.05) is 6.54 Å². The van der Waals surface area contributed by atoms with Crippen LogP contribution in [0, 0.1) is 11.8 Å². The molecule has 0 saturated heterocycles. The first-order chi connectivity index (χ1) is 6.24. The highest BCUT2D eigenvalue weighted by molar-refractivity contribution is 5.15. The van der Waals surface area contributed by atoms with Crippen molar-refractivity contribution in [3.63, 3.8) is 0 Å². The average Bonchev–Trinajstić information content (AvgIpc) is 2.15. The fourth-order valence-electron chi connectivity index (χ4n) is 1.51. The van der Waals surface area contributed by atoms with E-state index in [9.17, 15) is 0 Å². The Bertz CT molecular complexity index is 228. The number of rotatable bonds is 4. The van der Waals surface area contributed by atoms with Gasteiger partial charge in [0.1, 0.15) is 0 Å². The molecule has 1 heteroatoms. The Morgan fingerprint density at radius 1 is 1.15 bits per heavy atom. The molecular formula is C12H19N. The van der Waals surface area contributed by atoms with E-state index >= 15 is 0 Å². The second kappa shape index (κ2) is 5.03. The molecule has 1 nitrogen and oxygen atoms in total. The van der Waals surface area contributed by atoms with Crippen LogP contribution in [-0.4, -0.2) is 6.54 Å². The first-order valence-corrected chi connectivity index (χ1v) is 4.98. The summed E-state index contributed by atoms with van der Waals surface area (Å²) < 4.78 is 0. The largest absolute Gasteiger partial charge is 0.330 e. The predicted octanol–water partition coefficient (Wildman–Crippen LogP) is 2.46. The number of benzene rings is 1. The minimum atomic E-state index is 0.613. The average molecular weight is 177 g/mol. The van der Waals surface area contributed by atoms with Crippen molar-refractivity contribution in [3.8, 4) is 0 Å². The van der Waals surface area contributed by atoms with Gasteiger partial charge in [0.05, 0.1) is 0 Å². The van der Waals surface area contributed by atoms with Crippen molar-refractivity contribution in [2.45, 2.75) is 20.3 Å². The van der Waals surface area contributed by atoms with Crippen molar-refractivity contribution >= 4 is 0 Å². The van der Waals surface area contributed by atoms with Gasteiger partial charge < -0.3 is 5.73 Å². The molecule has 0 aliphatic carbocycles. The van der Waals surface area contributed by atoms with Crippen LogP contribution in [0.15, 0.2) is 30.3 Å². The summed E-state index contributed by atoms with van der Waals surface area (Å²) in [6.07, 6.45) is 1.11.